The molecule has 8 heteroatoms. The molecule has 1 N–H and O–H groups in total. The van der Waals surface area contributed by atoms with Crippen molar-refractivity contribution in [2.75, 3.05) is 5.32 Å². The van der Waals surface area contributed by atoms with E-state index in [-0.39, 0.29) is 22.1 Å². The fourth-order valence-corrected chi connectivity index (χ4v) is 5.05. The Hall–Kier alpha value is -3.81. The van der Waals surface area contributed by atoms with Crippen molar-refractivity contribution in [2.45, 2.75) is 4.90 Å². The molecule has 0 saturated heterocycles. The molecular formula is C25H16ClN3O3S. The Labute approximate surface area is 195 Å². The van der Waals surface area contributed by atoms with E-state index in [2.05, 4.69) is 14.7 Å². The molecular weight excluding hydrogens is 458 g/mol. The molecule has 0 unspecified atom stereocenters. The summed E-state index contributed by atoms with van der Waals surface area (Å²) in [6.07, 6.45) is 2.98. The number of rotatable bonds is 4. The number of Topliss-reactive ketones (excluding diaryl/α,β-unsaturated/α-hetero) is 1. The van der Waals surface area contributed by atoms with Gasteiger partial charge < -0.3 is 5.32 Å². The fourth-order valence-electron chi connectivity index (χ4n) is 3.68. The topological polar surface area (TPSA) is 88.5 Å². The Morgan fingerprint density at radius 3 is 2.45 bits per heavy atom. The van der Waals surface area contributed by atoms with Gasteiger partial charge in [0.15, 0.2) is 0 Å². The summed E-state index contributed by atoms with van der Waals surface area (Å²) in [7, 11) is -4.13. The third-order valence-corrected chi connectivity index (χ3v) is 6.73. The van der Waals surface area contributed by atoms with Gasteiger partial charge in [-0.3, -0.25) is 9.78 Å². The lowest BCUT2D eigenvalue weighted by Crippen LogP contribution is -2.22. The minimum atomic E-state index is -4.13. The molecule has 6 nitrogen and oxygen atoms in total. The van der Waals surface area contributed by atoms with Gasteiger partial charge in [0.25, 0.3) is 10.0 Å². The number of halogens is 1. The zero-order valence-corrected chi connectivity index (χ0v) is 18.6. The van der Waals surface area contributed by atoms with Crippen molar-refractivity contribution in [3.05, 3.63) is 113 Å². The minimum Gasteiger partial charge on any atom is -0.352 e. The number of carbonyl (C=O) groups excluding carboxylic acids is 1. The van der Waals surface area contributed by atoms with Gasteiger partial charge in [-0.2, -0.15) is 12.8 Å². The zero-order chi connectivity index (χ0) is 23.0. The van der Waals surface area contributed by atoms with Gasteiger partial charge in [-0.05, 0) is 36.4 Å². The Kier molecular flexibility index (Phi) is 5.28. The molecule has 33 heavy (non-hydrogen) atoms. The number of nitrogens with zero attached hydrogens (tertiary/aromatic N) is 2. The molecule has 1 aliphatic carbocycles. The molecule has 1 heterocycles. The lowest BCUT2D eigenvalue weighted by Gasteiger charge is -2.19. The standard InChI is InChI=1S/C25H16ClN3O3S/c26-17-8-4-9-18(14-17)28-22-15-21(19-10-1-2-11-20(19)25(22)30)29-33(31,32)23-12-3-6-16-7-5-13-27-24(16)23/h1-15,28H. The number of para-hydroxylation sites is 1. The Bertz CT molecular complexity index is 1590. The second-order valence-corrected chi connectivity index (χ2v) is 9.36. The maximum absolute atomic E-state index is 13.3. The molecule has 3 aromatic carbocycles. The maximum atomic E-state index is 13.3. The van der Waals surface area contributed by atoms with Crippen LogP contribution in [0.25, 0.3) is 10.9 Å². The number of hydrogen-bond acceptors (Lipinski definition) is 5. The van der Waals surface area contributed by atoms with Gasteiger partial charge in [0, 0.05) is 33.4 Å². The number of benzene rings is 3. The number of carbonyl (C=O) groups is 1. The predicted octanol–water partition coefficient (Wildman–Crippen LogP) is 5.26. The predicted molar refractivity (Wildman–Crippen MR) is 129 cm³/mol. The van der Waals surface area contributed by atoms with Gasteiger partial charge in [0.1, 0.15) is 4.90 Å². The summed E-state index contributed by atoms with van der Waals surface area (Å²) in [6, 6.07) is 22.1. The van der Waals surface area contributed by atoms with Gasteiger partial charge in [0.05, 0.1) is 16.9 Å². The summed E-state index contributed by atoms with van der Waals surface area (Å²) < 4.78 is 30.8. The fraction of sp³-hybridized carbons (Fsp3) is 0. The van der Waals surface area contributed by atoms with Crippen molar-refractivity contribution in [2.24, 2.45) is 4.40 Å². The molecule has 0 saturated carbocycles. The second kappa shape index (κ2) is 8.27. The number of anilines is 1. The van der Waals surface area contributed by atoms with Crippen molar-refractivity contribution in [1.29, 1.82) is 0 Å². The second-order valence-electron chi connectivity index (χ2n) is 7.35. The van der Waals surface area contributed by atoms with Gasteiger partial charge in [-0.25, -0.2) is 0 Å². The molecule has 0 radical (unpaired) electrons. The number of nitrogens with one attached hydrogen (secondary N) is 1. The molecule has 162 valence electrons. The molecule has 1 aromatic heterocycles. The van der Waals surface area contributed by atoms with Crippen LogP contribution in [0.5, 0.6) is 0 Å². The number of fused-ring (bicyclic) bond motifs is 2. The first-order chi connectivity index (χ1) is 15.9. The molecule has 5 rings (SSSR count). The van der Waals surface area contributed by atoms with Crippen LogP contribution in [0.1, 0.15) is 15.9 Å². The van der Waals surface area contributed by atoms with E-state index in [1.165, 1.54) is 18.3 Å². The van der Waals surface area contributed by atoms with Crippen molar-refractivity contribution in [3.63, 3.8) is 0 Å². The highest BCUT2D eigenvalue weighted by molar-refractivity contribution is 7.90. The third-order valence-electron chi connectivity index (χ3n) is 5.17. The highest BCUT2D eigenvalue weighted by Crippen LogP contribution is 2.27. The number of sulfonamides is 1. The van der Waals surface area contributed by atoms with Crippen LogP contribution in [0.4, 0.5) is 5.69 Å². The Morgan fingerprint density at radius 1 is 0.879 bits per heavy atom. The van der Waals surface area contributed by atoms with Crippen LogP contribution >= 0.6 is 11.6 Å². The van der Waals surface area contributed by atoms with Gasteiger partial charge in [-0.15, -0.1) is 0 Å². The van der Waals surface area contributed by atoms with Crippen LogP contribution in [0.15, 0.2) is 106 Å². The highest BCUT2D eigenvalue weighted by atomic mass is 35.5. The van der Waals surface area contributed by atoms with Gasteiger partial charge >= 0.3 is 0 Å². The van der Waals surface area contributed by atoms with Gasteiger partial charge in [-0.1, -0.05) is 60.1 Å². The first-order valence-corrected chi connectivity index (χ1v) is 11.8. The molecule has 0 amide bonds. The zero-order valence-electron chi connectivity index (χ0n) is 17.1. The average Bonchev–Trinajstić information content (AvgIpc) is 2.81. The van der Waals surface area contributed by atoms with E-state index in [1.54, 1.807) is 72.8 Å². The summed E-state index contributed by atoms with van der Waals surface area (Å²) in [5.74, 6) is -0.270. The number of allylic oxidation sites excluding steroid dienone is 2. The quantitative estimate of drug-likeness (QED) is 0.437. The third kappa shape index (κ3) is 4.04. The van der Waals surface area contributed by atoms with E-state index >= 15 is 0 Å². The summed E-state index contributed by atoms with van der Waals surface area (Å²) in [4.78, 5) is 17.3. The number of pyridine rings is 1. The lowest BCUT2D eigenvalue weighted by atomic mass is 9.92. The monoisotopic (exact) mass is 473 g/mol. The number of ketones is 1. The smallest absolute Gasteiger partial charge is 0.285 e. The number of hydrogen-bond donors (Lipinski definition) is 1. The van der Waals surface area contributed by atoms with Crippen LogP contribution in [0.3, 0.4) is 0 Å². The van der Waals surface area contributed by atoms with Crippen molar-refractivity contribution >= 4 is 49.7 Å². The van der Waals surface area contributed by atoms with Gasteiger partial charge in [0.2, 0.25) is 5.78 Å². The van der Waals surface area contributed by atoms with Crippen LogP contribution in [0.2, 0.25) is 5.02 Å². The largest absolute Gasteiger partial charge is 0.352 e. The van der Waals surface area contributed by atoms with E-state index < -0.39 is 10.0 Å². The summed E-state index contributed by atoms with van der Waals surface area (Å²) >= 11 is 6.06. The van der Waals surface area contributed by atoms with Crippen molar-refractivity contribution < 1.29 is 13.2 Å². The van der Waals surface area contributed by atoms with E-state index in [0.29, 0.717) is 32.7 Å². The molecule has 0 bridgehead atoms. The van der Waals surface area contributed by atoms with Crippen LogP contribution in [0, 0.1) is 0 Å². The van der Waals surface area contributed by atoms with Crippen LogP contribution in [-0.2, 0) is 10.0 Å². The number of aromatic nitrogens is 1. The van der Waals surface area contributed by atoms with E-state index in [1.807, 2.05) is 0 Å². The minimum absolute atomic E-state index is 0.000214. The molecule has 4 aromatic rings. The first-order valence-electron chi connectivity index (χ1n) is 9.99. The van der Waals surface area contributed by atoms with E-state index in [0.717, 1.165) is 0 Å². The Balaban J connectivity index is 1.65. The van der Waals surface area contributed by atoms with Crippen LogP contribution < -0.4 is 5.32 Å². The maximum Gasteiger partial charge on any atom is 0.285 e. The molecule has 0 fully saturated rings. The van der Waals surface area contributed by atoms with E-state index in [9.17, 15) is 13.2 Å². The van der Waals surface area contributed by atoms with Crippen molar-refractivity contribution in [3.8, 4) is 0 Å². The van der Waals surface area contributed by atoms with Crippen molar-refractivity contribution in [1.82, 2.24) is 4.98 Å². The molecule has 1 aliphatic rings. The Morgan fingerprint density at radius 2 is 1.64 bits per heavy atom. The SMILES string of the molecule is O=C1C(Nc2cccc(Cl)c2)=CC(=NS(=O)(=O)c2cccc3cccnc23)c2ccccc21. The summed E-state index contributed by atoms with van der Waals surface area (Å²) in [5, 5.41) is 4.23. The summed E-state index contributed by atoms with van der Waals surface area (Å²) in [5.41, 5.74) is 2.08. The normalized spacial score (nSPS) is 14.8. The summed E-state index contributed by atoms with van der Waals surface area (Å²) in [6.45, 7) is 0. The first kappa shape index (κ1) is 21.1. The average molecular weight is 474 g/mol. The molecule has 0 atom stereocenters. The highest BCUT2D eigenvalue weighted by Gasteiger charge is 2.27. The lowest BCUT2D eigenvalue weighted by molar-refractivity contribution is 0.103. The molecule has 0 spiro atoms. The molecule has 0 aliphatic heterocycles. The van der Waals surface area contributed by atoms with Crippen LogP contribution in [-0.4, -0.2) is 24.9 Å². The van der Waals surface area contributed by atoms with E-state index in [4.69, 9.17) is 11.6 Å².